The molecular formula is C11H16FNS. The lowest BCUT2D eigenvalue weighted by molar-refractivity contribution is 0.591. The Labute approximate surface area is 88.9 Å². The van der Waals surface area contributed by atoms with Gasteiger partial charge in [-0.25, -0.2) is 4.39 Å². The van der Waals surface area contributed by atoms with Crippen molar-refractivity contribution in [2.75, 3.05) is 0 Å². The molecule has 0 spiro atoms. The first kappa shape index (κ1) is 11.5. The van der Waals surface area contributed by atoms with Crippen LogP contribution in [0.5, 0.6) is 0 Å². The number of thioether (sulfide) groups is 1. The van der Waals surface area contributed by atoms with Crippen molar-refractivity contribution in [3.05, 3.63) is 29.6 Å². The zero-order valence-electron chi connectivity index (χ0n) is 8.75. The van der Waals surface area contributed by atoms with Crippen LogP contribution in [-0.2, 0) is 0 Å². The van der Waals surface area contributed by atoms with Crippen molar-refractivity contribution in [2.24, 2.45) is 5.73 Å². The van der Waals surface area contributed by atoms with E-state index in [0.29, 0.717) is 10.1 Å². The van der Waals surface area contributed by atoms with Crippen molar-refractivity contribution in [1.82, 2.24) is 0 Å². The summed E-state index contributed by atoms with van der Waals surface area (Å²) in [6.45, 7) is 5.96. The molecule has 78 valence electrons. The topological polar surface area (TPSA) is 26.0 Å². The molecule has 1 nitrogen and oxygen atoms in total. The summed E-state index contributed by atoms with van der Waals surface area (Å²) in [6, 6.07) is 4.96. The minimum absolute atomic E-state index is 0.119. The van der Waals surface area contributed by atoms with Gasteiger partial charge in [-0.15, -0.1) is 11.8 Å². The van der Waals surface area contributed by atoms with Crippen molar-refractivity contribution in [3.63, 3.8) is 0 Å². The molecule has 1 atom stereocenters. The van der Waals surface area contributed by atoms with E-state index in [9.17, 15) is 4.39 Å². The Kier molecular flexibility index (Phi) is 3.96. The first-order valence-electron chi connectivity index (χ1n) is 4.73. The molecule has 1 rings (SSSR count). The number of rotatable bonds is 3. The zero-order chi connectivity index (χ0) is 10.7. The summed E-state index contributed by atoms with van der Waals surface area (Å²) in [5.74, 6) is -0.168. The summed E-state index contributed by atoms with van der Waals surface area (Å²) < 4.78 is 13.5. The summed E-state index contributed by atoms with van der Waals surface area (Å²) >= 11 is 1.52. The van der Waals surface area contributed by atoms with E-state index in [0.717, 1.165) is 5.56 Å². The van der Waals surface area contributed by atoms with Gasteiger partial charge in [-0.3, -0.25) is 0 Å². The standard InChI is InChI=1S/C11H16FNS/c1-7(2)14-11-9(8(3)13)5-4-6-10(11)12/h4-8H,13H2,1-3H3. The third-order valence-electron chi connectivity index (χ3n) is 1.84. The van der Waals surface area contributed by atoms with E-state index in [1.165, 1.54) is 17.8 Å². The summed E-state index contributed by atoms with van der Waals surface area (Å²) in [5, 5.41) is 0.365. The fraction of sp³-hybridized carbons (Fsp3) is 0.455. The van der Waals surface area contributed by atoms with Crippen LogP contribution < -0.4 is 5.73 Å². The van der Waals surface area contributed by atoms with Gasteiger partial charge in [0, 0.05) is 16.2 Å². The molecular weight excluding hydrogens is 197 g/mol. The molecule has 0 aliphatic carbocycles. The van der Waals surface area contributed by atoms with E-state index in [1.807, 2.05) is 26.8 Å². The fourth-order valence-electron chi connectivity index (χ4n) is 1.24. The third-order valence-corrected chi connectivity index (χ3v) is 2.98. The quantitative estimate of drug-likeness (QED) is 0.779. The lowest BCUT2D eigenvalue weighted by Gasteiger charge is -2.14. The maximum atomic E-state index is 13.5. The summed E-state index contributed by atoms with van der Waals surface area (Å²) in [6.07, 6.45) is 0. The van der Waals surface area contributed by atoms with Crippen molar-refractivity contribution < 1.29 is 4.39 Å². The van der Waals surface area contributed by atoms with Crippen molar-refractivity contribution >= 4 is 11.8 Å². The third kappa shape index (κ3) is 2.72. The zero-order valence-corrected chi connectivity index (χ0v) is 9.57. The maximum Gasteiger partial charge on any atom is 0.137 e. The lowest BCUT2D eigenvalue weighted by atomic mass is 10.1. The van der Waals surface area contributed by atoms with Gasteiger partial charge in [0.05, 0.1) is 0 Å². The largest absolute Gasteiger partial charge is 0.324 e. The molecule has 2 N–H and O–H groups in total. The van der Waals surface area contributed by atoms with Gasteiger partial charge in [0.15, 0.2) is 0 Å². The van der Waals surface area contributed by atoms with E-state index in [-0.39, 0.29) is 11.9 Å². The van der Waals surface area contributed by atoms with Crippen molar-refractivity contribution in [1.29, 1.82) is 0 Å². The molecule has 0 heterocycles. The van der Waals surface area contributed by atoms with Crippen LogP contribution in [0.1, 0.15) is 32.4 Å². The second kappa shape index (κ2) is 4.80. The molecule has 0 aliphatic heterocycles. The van der Waals surface area contributed by atoms with E-state index >= 15 is 0 Å². The highest BCUT2D eigenvalue weighted by molar-refractivity contribution is 8.00. The van der Waals surface area contributed by atoms with Gasteiger partial charge >= 0.3 is 0 Å². The predicted octanol–water partition coefficient (Wildman–Crippen LogP) is 3.35. The molecule has 0 radical (unpaired) electrons. The fourth-order valence-corrected chi connectivity index (χ4v) is 2.29. The Morgan fingerprint density at radius 2 is 1.93 bits per heavy atom. The highest BCUT2D eigenvalue weighted by Gasteiger charge is 2.12. The monoisotopic (exact) mass is 213 g/mol. The normalized spacial score (nSPS) is 13.3. The van der Waals surface area contributed by atoms with Gasteiger partial charge in [-0.1, -0.05) is 26.0 Å². The molecule has 0 aliphatic rings. The van der Waals surface area contributed by atoms with Crippen LogP contribution in [0.4, 0.5) is 4.39 Å². The number of nitrogens with two attached hydrogens (primary N) is 1. The minimum atomic E-state index is -0.168. The second-order valence-electron chi connectivity index (χ2n) is 3.61. The van der Waals surface area contributed by atoms with Crippen molar-refractivity contribution in [3.8, 4) is 0 Å². The SMILES string of the molecule is CC(C)Sc1c(F)cccc1C(C)N. The number of hydrogen-bond acceptors (Lipinski definition) is 2. The highest BCUT2D eigenvalue weighted by atomic mass is 32.2. The highest BCUT2D eigenvalue weighted by Crippen LogP contribution is 2.31. The Morgan fingerprint density at radius 3 is 2.43 bits per heavy atom. The first-order chi connectivity index (χ1) is 6.52. The molecule has 0 saturated heterocycles. The van der Waals surface area contributed by atoms with E-state index in [4.69, 9.17) is 5.73 Å². The van der Waals surface area contributed by atoms with E-state index in [2.05, 4.69) is 0 Å². The Morgan fingerprint density at radius 1 is 1.29 bits per heavy atom. The van der Waals surface area contributed by atoms with Crippen LogP contribution in [0.25, 0.3) is 0 Å². The van der Waals surface area contributed by atoms with Crippen LogP contribution in [-0.4, -0.2) is 5.25 Å². The summed E-state index contributed by atoms with van der Waals surface area (Å²) in [5.41, 5.74) is 6.67. The molecule has 0 amide bonds. The summed E-state index contributed by atoms with van der Waals surface area (Å²) in [7, 11) is 0. The van der Waals surface area contributed by atoms with Crippen LogP contribution in [0.2, 0.25) is 0 Å². The molecule has 0 saturated carbocycles. The molecule has 1 aromatic carbocycles. The lowest BCUT2D eigenvalue weighted by Crippen LogP contribution is -2.08. The Hall–Kier alpha value is -0.540. The van der Waals surface area contributed by atoms with Crippen molar-refractivity contribution in [2.45, 2.75) is 37.0 Å². The van der Waals surface area contributed by atoms with Gasteiger partial charge in [-0.2, -0.15) is 0 Å². The maximum absolute atomic E-state index is 13.5. The van der Waals surface area contributed by atoms with Crippen LogP contribution in [0.3, 0.4) is 0 Å². The first-order valence-corrected chi connectivity index (χ1v) is 5.61. The van der Waals surface area contributed by atoms with Gasteiger partial charge < -0.3 is 5.73 Å². The number of hydrogen-bond donors (Lipinski definition) is 1. The van der Waals surface area contributed by atoms with Gasteiger partial charge in [0.1, 0.15) is 5.82 Å². The Balaban J connectivity index is 3.09. The molecule has 3 heteroatoms. The average Bonchev–Trinajstić information content (AvgIpc) is 2.07. The molecule has 0 fully saturated rings. The van der Waals surface area contributed by atoms with Crippen LogP contribution >= 0.6 is 11.8 Å². The second-order valence-corrected chi connectivity index (χ2v) is 5.20. The minimum Gasteiger partial charge on any atom is -0.324 e. The van der Waals surface area contributed by atoms with Gasteiger partial charge in [0.25, 0.3) is 0 Å². The molecule has 1 unspecified atom stereocenters. The van der Waals surface area contributed by atoms with Crippen LogP contribution in [0, 0.1) is 5.82 Å². The van der Waals surface area contributed by atoms with E-state index < -0.39 is 0 Å². The summed E-state index contributed by atoms with van der Waals surface area (Å²) in [4.78, 5) is 0.692. The molecule has 14 heavy (non-hydrogen) atoms. The molecule has 0 bridgehead atoms. The smallest absolute Gasteiger partial charge is 0.137 e. The van der Waals surface area contributed by atoms with Gasteiger partial charge in [0.2, 0.25) is 0 Å². The average molecular weight is 213 g/mol. The molecule has 0 aromatic heterocycles. The molecule has 1 aromatic rings. The Bertz CT molecular complexity index is 310. The number of halogens is 1. The predicted molar refractivity (Wildman–Crippen MR) is 60.0 cm³/mol. The van der Waals surface area contributed by atoms with Gasteiger partial charge in [-0.05, 0) is 18.6 Å². The van der Waals surface area contributed by atoms with E-state index in [1.54, 1.807) is 6.07 Å². The van der Waals surface area contributed by atoms with Crippen LogP contribution in [0.15, 0.2) is 23.1 Å². The number of benzene rings is 1.